The van der Waals surface area contributed by atoms with Gasteiger partial charge in [0.05, 0.1) is 25.7 Å². The molecular formula is C21H16N2O3S3. The molecule has 8 heteroatoms. The van der Waals surface area contributed by atoms with Gasteiger partial charge in [0.1, 0.15) is 0 Å². The normalized spacial score (nSPS) is 16.2. The first-order valence-corrected chi connectivity index (χ1v) is 11.8. The fraction of sp³-hybridized carbons (Fsp3) is 0.0952. The van der Waals surface area contributed by atoms with Crippen LogP contribution in [0.4, 0.5) is 0 Å². The number of fused-ring (bicyclic) bond motifs is 1. The Labute approximate surface area is 177 Å². The second kappa shape index (κ2) is 7.70. The SMILES string of the molecule is CC1=C/C(=N/S(=O)(=O)c2ccc(C)cc2)C=C(Sc2nc3ccccc3s2)C1=O. The number of hydrogen-bond acceptors (Lipinski definition) is 6. The van der Waals surface area contributed by atoms with Crippen LogP contribution in [0.1, 0.15) is 12.5 Å². The van der Waals surface area contributed by atoms with Crippen molar-refractivity contribution in [1.82, 2.24) is 4.98 Å². The molecule has 2 aromatic carbocycles. The number of carbonyl (C=O) groups excluding carboxylic acids is 1. The summed E-state index contributed by atoms with van der Waals surface area (Å²) in [4.78, 5) is 17.6. The highest BCUT2D eigenvalue weighted by Gasteiger charge is 2.22. The summed E-state index contributed by atoms with van der Waals surface area (Å²) in [6, 6.07) is 14.2. The highest BCUT2D eigenvalue weighted by Crippen LogP contribution is 2.36. The van der Waals surface area contributed by atoms with Crippen molar-refractivity contribution in [3.05, 3.63) is 76.7 Å². The Morgan fingerprint density at radius 1 is 1.00 bits per heavy atom. The average Bonchev–Trinajstić information content (AvgIpc) is 3.08. The number of thiazole rings is 1. The Balaban J connectivity index is 1.68. The number of Topliss-reactive ketones (excluding diaryl/α,β-unsaturated/α-hetero) is 1. The van der Waals surface area contributed by atoms with Crippen molar-refractivity contribution < 1.29 is 13.2 Å². The van der Waals surface area contributed by atoms with Crippen LogP contribution >= 0.6 is 23.1 Å². The number of aryl methyl sites for hydroxylation is 1. The van der Waals surface area contributed by atoms with Gasteiger partial charge in [-0.15, -0.1) is 11.3 Å². The van der Waals surface area contributed by atoms with E-state index < -0.39 is 10.0 Å². The van der Waals surface area contributed by atoms with Crippen LogP contribution in [0.5, 0.6) is 0 Å². The fourth-order valence-electron chi connectivity index (χ4n) is 2.74. The van der Waals surface area contributed by atoms with Gasteiger partial charge in [-0.3, -0.25) is 4.79 Å². The first-order valence-electron chi connectivity index (χ1n) is 8.71. The molecule has 1 aliphatic carbocycles. The molecule has 0 saturated carbocycles. The van der Waals surface area contributed by atoms with E-state index in [-0.39, 0.29) is 16.4 Å². The van der Waals surface area contributed by atoms with Gasteiger partial charge in [0.15, 0.2) is 10.1 Å². The van der Waals surface area contributed by atoms with Crippen LogP contribution in [-0.4, -0.2) is 24.9 Å². The molecule has 0 N–H and O–H groups in total. The Morgan fingerprint density at radius 3 is 2.45 bits per heavy atom. The van der Waals surface area contributed by atoms with Gasteiger partial charge in [-0.1, -0.05) is 41.6 Å². The van der Waals surface area contributed by atoms with Crippen molar-refractivity contribution in [3.8, 4) is 0 Å². The predicted octanol–water partition coefficient (Wildman–Crippen LogP) is 4.94. The van der Waals surface area contributed by atoms with Crippen molar-refractivity contribution in [2.75, 3.05) is 0 Å². The van der Waals surface area contributed by atoms with Gasteiger partial charge in [0.2, 0.25) is 0 Å². The molecule has 1 heterocycles. The third kappa shape index (κ3) is 4.24. The smallest absolute Gasteiger partial charge is 0.282 e. The molecule has 0 atom stereocenters. The minimum absolute atomic E-state index is 0.118. The van der Waals surface area contributed by atoms with Crippen molar-refractivity contribution in [1.29, 1.82) is 0 Å². The molecule has 5 nitrogen and oxygen atoms in total. The summed E-state index contributed by atoms with van der Waals surface area (Å²) in [5.74, 6) is -0.152. The zero-order valence-electron chi connectivity index (χ0n) is 15.6. The lowest BCUT2D eigenvalue weighted by Crippen LogP contribution is -2.12. The number of para-hydroxylation sites is 1. The number of allylic oxidation sites excluding steroid dienone is 4. The van der Waals surface area contributed by atoms with E-state index in [0.717, 1.165) is 20.1 Å². The number of sulfonamides is 1. The lowest BCUT2D eigenvalue weighted by Gasteiger charge is -2.11. The molecule has 0 amide bonds. The molecule has 1 aromatic heterocycles. The first kappa shape index (κ1) is 19.8. The van der Waals surface area contributed by atoms with Gasteiger partial charge in [-0.05, 0) is 55.8 Å². The molecule has 0 radical (unpaired) electrons. The molecule has 1 aliphatic rings. The number of nitrogens with zero attached hydrogens (tertiary/aromatic N) is 2. The van der Waals surface area contributed by atoms with E-state index in [9.17, 15) is 13.2 Å². The average molecular weight is 441 g/mol. The molecule has 29 heavy (non-hydrogen) atoms. The van der Waals surface area contributed by atoms with Crippen LogP contribution in [0.3, 0.4) is 0 Å². The van der Waals surface area contributed by atoms with Crippen LogP contribution in [0.25, 0.3) is 10.2 Å². The van der Waals surface area contributed by atoms with Crippen LogP contribution in [0.15, 0.2) is 84.8 Å². The first-order chi connectivity index (χ1) is 13.8. The van der Waals surface area contributed by atoms with Crippen LogP contribution in [0.2, 0.25) is 0 Å². The van der Waals surface area contributed by atoms with Gasteiger partial charge >= 0.3 is 0 Å². The number of carbonyl (C=O) groups is 1. The summed E-state index contributed by atoms with van der Waals surface area (Å²) in [6.07, 6.45) is 3.01. The highest BCUT2D eigenvalue weighted by atomic mass is 32.2. The van der Waals surface area contributed by atoms with Gasteiger partial charge in [-0.2, -0.15) is 12.8 Å². The van der Waals surface area contributed by atoms with Gasteiger partial charge in [0, 0.05) is 0 Å². The van der Waals surface area contributed by atoms with E-state index in [2.05, 4.69) is 9.38 Å². The minimum atomic E-state index is -3.87. The van der Waals surface area contributed by atoms with E-state index in [1.807, 2.05) is 31.2 Å². The zero-order valence-corrected chi connectivity index (χ0v) is 18.1. The lowest BCUT2D eigenvalue weighted by molar-refractivity contribution is -0.111. The molecule has 146 valence electrons. The number of benzene rings is 2. The third-order valence-electron chi connectivity index (χ3n) is 4.24. The Kier molecular flexibility index (Phi) is 5.24. The summed E-state index contributed by atoms with van der Waals surface area (Å²) in [5, 5.41) is 0. The van der Waals surface area contributed by atoms with E-state index in [4.69, 9.17) is 0 Å². The van der Waals surface area contributed by atoms with Gasteiger partial charge in [0.25, 0.3) is 10.0 Å². The zero-order chi connectivity index (χ0) is 20.6. The van der Waals surface area contributed by atoms with Crippen molar-refractivity contribution in [2.45, 2.75) is 23.1 Å². The number of aromatic nitrogens is 1. The van der Waals surface area contributed by atoms with Gasteiger partial charge < -0.3 is 0 Å². The topological polar surface area (TPSA) is 76.5 Å². The quantitative estimate of drug-likeness (QED) is 0.537. The van der Waals surface area contributed by atoms with E-state index >= 15 is 0 Å². The number of thioether (sulfide) groups is 1. The summed E-state index contributed by atoms with van der Waals surface area (Å²) in [7, 11) is -3.87. The maximum absolute atomic E-state index is 12.6. The Hall–Kier alpha value is -2.55. The molecule has 0 bridgehead atoms. The van der Waals surface area contributed by atoms with E-state index in [1.165, 1.54) is 47.4 Å². The van der Waals surface area contributed by atoms with Gasteiger partial charge in [-0.25, -0.2) is 4.98 Å². The summed E-state index contributed by atoms with van der Waals surface area (Å²) in [6.45, 7) is 3.54. The predicted molar refractivity (Wildman–Crippen MR) is 118 cm³/mol. The fourth-order valence-corrected chi connectivity index (χ4v) is 5.88. The molecule has 0 fully saturated rings. The maximum Gasteiger partial charge on any atom is 0.282 e. The molecule has 0 saturated heterocycles. The molecule has 0 spiro atoms. The second-order valence-corrected chi connectivity index (χ2v) is 10.4. The standard InChI is InChI=1S/C21H16N2O3S3/c1-13-7-9-16(10-8-13)29(25,26)23-15-11-14(2)20(24)19(12-15)28-21-22-17-5-3-4-6-18(17)27-21/h3-12H,1-2H3/b23-15-. The molecule has 0 unspecified atom stereocenters. The molecule has 3 aromatic rings. The van der Waals surface area contributed by atoms with E-state index in [1.54, 1.807) is 19.1 Å². The summed E-state index contributed by atoms with van der Waals surface area (Å²) >= 11 is 2.72. The lowest BCUT2D eigenvalue weighted by atomic mass is 10.1. The highest BCUT2D eigenvalue weighted by molar-refractivity contribution is 8.05. The van der Waals surface area contributed by atoms with Crippen LogP contribution in [0, 0.1) is 6.92 Å². The third-order valence-corrected chi connectivity index (χ3v) is 7.68. The monoisotopic (exact) mass is 440 g/mol. The van der Waals surface area contributed by atoms with E-state index in [0.29, 0.717) is 10.5 Å². The molecule has 4 rings (SSSR count). The molecular weight excluding hydrogens is 424 g/mol. The number of rotatable bonds is 4. The molecule has 0 aliphatic heterocycles. The Bertz CT molecular complexity index is 1280. The largest absolute Gasteiger partial charge is 0.288 e. The van der Waals surface area contributed by atoms with Crippen molar-refractivity contribution >= 4 is 54.8 Å². The van der Waals surface area contributed by atoms with Crippen molar-refractivity contribution in [3.63, 3.8) is 0 Å². The summed E-state index contributed by atoms with van der Waals surface area (Å²) in [5.41, 5.74) is 2.50. The van der Waals surface area contributed by atoms with Crippen LogP contribution < -0.4 is 0 Å². The maximum atomic E-state index is 12.6. The second-order valence-electron chi connectivity index (χ2n) is 6.52. The van der Waals surface area contributed by atoms with Crippen molar-refractivity contribution in [2.24, 2.45) is 4.40 Å². The number of hydrogen-bond donors (Lipinski definition) is 0. The summed E-state index contributed by atoms with van der Waals surface area (Å²) < 4.78 is 31.0. The number of ketones is 1. The van der Waals surface area contributed by atoms with Crippen LogP contribution in [-0.2, 0) is 14.8 Å². The minimum Gasteiger partial charge on any atom is -0.288 e. The Morgan fingerprint density at radius 2 is 1.72 bits per heavy atom.